The van der Waals surface area contributed by atoms with Gasteiger partial charge in [0, 0.05) is 20.3 Å². The van der Waals surface area contributed by atoms with E-state index in [0.717, 1.165) is 4.47 Å². The Labute approximate surface area is 173 Å². The van der Waals surface area contributed by atoms with Crippen molar-refractivity contribution in [2.45, 2.75) is 12.5 Å². The molecular weight excluding hydrogens is 450 g/mol. The molecule has 148 valence electrons. The highest BCUT2D eigenvalue weighted by molar-refractivity contribution is 9.10. The number of carboxylic acids is 1. The summed E-state index contributed by atoms with van der Waals surface area (Å²) in [4.78, 5) is 40.2. The van der Waals surface area contributed by atoms with E-state index in [4.69, 9.17) is 10.9 Å². The molecule has 1 atom stereocenters. The summed E-state index contributed by atoms with van der Waals surface area (Å²) < 4.78 is 0.804. The lowest BCUT2D eigenvalue weighted by atomic mass is 10.1. The van der Waals surface area contributed by atoms with Gasteiger partial charge < -0.3 is 21.2 Å². The number of amides is 2. The third-order valence-corrected chi connectivity index (χ3v) is 5.26. The first-order chi connectivity index (χ1) is 13.4. The Morgan fingerprint density at radius 3 is 2.75 bits per heavy atom. The highest BCUT2D eigenvalue weighted by Gasteiger charge is 2.20. The molecule has 28 heavy (non-hydrogen) atoms. The molecule has 1 aromatic heterocycles. The summed E-state index contributed by atoms with van der Waals surface area (Å²) in [5.41, 5.74) is 3.10. The third-order valence-electron chi connectivity index (χ3n) is 3.45. The number of benzene rings is 1. The van der Waals surface area contributed by atoms with Gasteiger partial charge in [-0.05, 0) is 40.2 Å². The summed E-state index contributed by atoms with van der Waals surface area (Å²) in [5.74, 6) is 3.12. The zero-order valence-electron chi connectivity index (χ0n) is 14.5. The average molecular weight is 468 g/mol. The van der Waals surface area contributed by atoms with E-state index in [9.17, 15) is 14.4 Å². The number of hydrogen-bond donors (Lipinski definition) is 5. The topological polar surface area (TPSA) is 146 Å². The van der Waals surface area contributed by atoms with Gasteiger partial charge in [-0.3, -0.25) is 14.4 Å². The SMILES string of the molecule is NNC=Nc1cccc(C(=O)NCC(=O)NC(CC(=O)O)c2cc(Br)cs2)c1. The zero-order valence-corrected chi connectivity index (χ0v) is 16.9. The fourth-order valence-corrected chi connectivity index (χ4v) is 3.75. The van der Waals surface area contributed by atoms with Crippen molar-refractivity contribution in [3.05, 3.63) is 50.6 Å². The number of halogens is 1. The lowest BCUT2D eigenvalue weighted by Gasteiger charge is -2.16. The van der Waals surface area contributed by atoms with Gasteiger partial charge in [0.25, 0.3) is 5.91 Å². The second-order valence-electron chi connectivity index (χ2n) is 5.54. The summed E-state index contributed by atoms with van der Waals surface area (Å²) in [5, 5.41) is 16.0. The minimum Gasteiger partial charge on any atom is -0.481 e. The first kappa shape index (κ1) is 21.5. The molecule has 0 saturated heterocycles. The van der Waals surface area contributed by atoms with Gasteiger partial charge in [0.15, 0.2) is 0 Å². The number of aliphatic carboxylic acids is 1. The smallest absolute Gasteiger partial charge is 0.305 e. The molecule has 0 saturated carbocycles. The Hall–Kier alpha value is -2.76. The Kier molecular flexibility index (Phi) is 8.11. The Balaban J connectivity index is 1.95. The van der Waals surface area contributed by atoms with Gasteiger partial charge in [-0.15, -0.1) is 11.3 Å². The molecule has 0 spiro atoms. The molecule has 0 aliphatic heterocycles. The zero-order chi connectivity index (χ0) is 20.5. The molecule has 2 rings (SSSR count). The highest BCUT2D eigenvalue weighted by atomic mass is 79.9. The fourth-order valence-electron chi connectivity index (χ4n) is 2.26. The number of aliphatic imine (C=N–C) groups is 1. The molecule has 1 unspecified atom stereocenters. The summed E-state index contributed by atoms with van der Waals surface area (Å²) in [6.45, 7) is -0.292. The van der Waals surface area contributed by atoms with Gasteiger partial charge in [0.2, 0.25) is 5.91 Å². The molecule has 11 heteroatoms. The van der Waals surface area contributed by atoms with Gasteiger partial charge in [-0.1, -0.05) is 6.07 Å². The van der Waals surface area contributed by atoms with Gasteiger partial charge >= 0.3 is 5.97 Å². The monoisotopic (exact) mass is 467 g/mol. The predicted octanol–water partition coefficient (Wildman–Crippen LogP) is 1.70. The number of thiophene rings is 1. The first-order valence-electron chi connectivity index (χ1n) is 8.01. The lowest BCUT2D eigenvalue weighted by molar-refractivity contribution is -0.137. The van der Waals surface area contributed by atoms with Crippen LogP contribution in [-0.4, -0.2) is 35.8 Å². The quantitative estimate of drug-likeness (QED) is 0.164. The summed E-state index contributed by atoms with van der Waals surface area (Å²) in [6.07, 6.45) is 1.01. The maximum Gasteiger partial charge on any atom is 0.305 e. The highest BCUT2D eigenvalue weighted by Crippen LogP contribution is 2.27. The second kappa shape index (κ2) is 10.5. The lowest BCUT2D eigenvalue weighted by Crippen LogP contribution is -2.39. The van der Waals surface area contributed by atoms with E-state index in [-0.39, 0.29) is 13.0 Å². The molecule has 2 aromatic rings. The van der Waals surface area contributed by atoms with Crippen molar-refractivity contribution in [1.29, 1.82) is 0 Å². The number of hydrogen-bond acceptors (Lipinski definition) is 6. The van der Waals surface area contributed by atoms with Gasteiger partial charge in [0.1, 0.15) is 6.34 Å². The minimum absolute atomic E-state index is 0.262. The van der Waals surface area contributed by atoms with Crippen molar-refractivity contribution < 1.29 is 19.5 Å². The van der Waals surface area contributed by atoms with Crippen LogP contribution in [0, 0.1) is 0 Å². The van der Waals surface area contributed by atoms with E-state index >= 15 is 0 Å². The molecule has 0 aliphatic rings. The summed E-state index contributed by atoms with van der Waals surface area (Å²) in [7, 11) is 0. The molecule has 0 bridgehead atoms. The number of nitrogens with two attached hydrogens (primary N) is 1. The molecule has 6 N–H and O–H groups in total. The van der Waals surface area contributed by atoms with E-state index < -0.39 is 23.8 Å². The molecule has 0 aliphatic carbocycles. The van der Waals surface area contributed by atoms with Crippen LogP contribution in [0.2, 0.25) is 0 Å². The molecule has 0 radical (unpaired) electrons. The fraction of sp³-hybridized carbons (Fsp3) is 0.176. The number of carboxylic acid groups (broad SMARTS) is 1. The van der Waals surface area contributed by atoms with Crippen LogP contribution < -0.4 is 21.9 Å². The van der Waals surface area contributed by atoms with Crippen LogP contribution >= 0.6 is 27.3 Å². The minimum atomic E-state index is -1.04. The van der Waals surface area contributed by atoms with Crippen LogP contribution in [0.15, 0.2) is 45.2 Å². The van der Waals surface area contributed by atoms with E-state index in [0.29, 0.717) is 16.1 Å². The van der Waals surface area contributed by atoms with E-state index in [1.807, 2.05) is 0 Å². The molecule has 1 heterocycles. The Morgan fingerprint density at radius 2 is 2.11 bits per heavy atom. The number of hydrazine groups is 1. The summed E-state index contributed by atoms with van der Waals surface area (Å²) >= 11 is 4.63. The van der Waals surface area contributed by atoms with Crippen LogP contribution in [0.5, 0.6) is 0 Å². The van der Waals surface area contributed by atoms with Gasteiger partial charge in [0.05, 0.1) is 24.7 Å². The molecule has 0 fully saturated rings. The number of carbonyl (C=O) groups is 3. The van der Waals surface area contributed by atoms with Crippen LogP contribution in [-0.2, 0) is 9.59 Å². The van der Waals surface area contributed by atoms with E-state index in [1.165, 1.54) is 23.7 Å². The normalized spacial score (nSPS) is 11.8. The summed E-state index contributed by atoms with van der Waals surface area (Å²) in [6, 6.07) is 7.53. The second-order valence-corrected chi connectivity index (χ2v) is 7.40. The van der Waals surface area contributed by atoms with Crippen molar-refractivity contribution >= 4 is 57.1 Å². The van der Waals surface area contributed by atoms with Crippen molar-refractivity contribution in [3.8, 4) is 0 Å². The molecular formula is C17H18BrN5O4S. The first-order valence-corrected chi connectivity index (χ1v) is 9.68. The Morgan fingerprint density at radius 1 is 1.32 bits per heavy atom. The number of rotatable bonds is 9. The predicted molar refractivity (Wildman–Crippen MR) is 109 cm³/mol. The van der Waals surface area contributed by atoms with Crippen molar-refractivity contribution in [2.24, 2.45) is 10.8 Å². The molecule has 1 aromatic carbocycles. The molecule has 9 nitrogen and oxygen atoms in total. The van der Waals surface area contributed by atoms with Crippen molar-refractivity contribution in [1.82, 2.24) is 16.1 Å². The van der Waals surface area contributed by atoms with E-state index in [2.05, 4.69) is 37.0 Å². The number of carbonyl (C=O) groups excluding carboxylic acids is 2. The van der Waals surface area contributed by atoms with Crippen molar-refractivity contribution in [2.75, 3.05) is 6.54 Å². The number of nitrogens with one attached hydrogen (secondary N) is 3. The molecule has 2 amide bonds. The average Bonchev–Trinajstić information content (AvgIpc) is 3.10. The standard InChI is InChI=1S/C17H18BrN5O4S/c18-11-5-14(28-8-11)13(6-16(25)26)23-15(24)7-20-17(27)10-2-1-3-12(4-10)21-9-22-19/h1-5,8-9,13H,6-7,19H2,(H,20,27)(H,21,22)(H,23,24)(H,25,26). The van der Waals surface area contributed by atoms with Crippen LogP contribution in [0.3, 0.4) is 0 Å². The number of nitrogens with zero attached hydrogens (tertiary/aromatic N) is 1. The third kappa shape index (κ3) is 6.76. The Bertz CT molecular complexity index is 886. The van der Waals surface area contributed by atoms with E-state index in [1.54, 1.807) is 29.6 Å². The van der Waals surface area contributed by atoms with Gasteiger partial charge in [-0.25, -0.2) is 10.8 Å². The van der Waals surface area contributed by atoms with Crippen molar-refractivity contribution in [3.63, 3.8) is 0 Å². The maximum absolute atomic E-state index is 12.2. The van der Waals surface area contributed by atoms with Crippen LogP contribution in [0.25, 0.3) is 0 Å². The van der Waals surface area contributed by atoms with Crippen LogP contribution in [0.4, 0.5) is 5.69 Å². The van der Waals surface area contributed by atoms with Crippen LogP contribution in [0.1, 0.15) is 27.7 Å². The van der Waals surface area contributed by atoms with Gasteiger partial charge in [-0.2, -0.15) is 0 Å². The maximum atomic E-state index is 12.2. The largest absolute Gasteiger partial charge is 0.481 e.